The molecule has 1 aromatic carbocycles. The number of ether oxygens (including phenoxy) is 1. The monoisotopic (exact) mass is 388 g/mol. The number of nitrogens with one attached hydrogen (secondary N) is 1. The zero-order valence-electron chi connectivity index (χ0n) is 14.5. The van der Waals surface area contributed by atoms with E-state index in [1.54, 1.807) is 23.8 Å². The second-order valence-electron chi connectivity index (χ2n) is 5.37. The van der Waals surface area contributed by atoms with Crippen LogP contribution in [0, 0.1) is 0 Å². The highest BCUT2D eigenvalue weighted by molar-refractivity contribution is 8.00. The van der Waals surface area contributed by atoms with Gasteiger partial charge in [0.1, 0.15) is 12.3 Å². The van der Waals surface area contributed by atoms with Crippen molar-refractivity contribution in [3.63, 3.8) is 0 Å². The van der Waals surface area contributed by atoms with E-state index in [0.717, 1.165) is 17.3 Å². The maximum atomic E-state index is 12.2. The summed E-state index contributed by atoms with van der Waals surface area (Å²) >= 11 is 1.06. The molecule has 0 bridgehead atoms. The third kappa shape index (κ3) is 5.13. The molecule has 0 spiro atoms. The van der Waals surface area contributed by atoms with E-state index in [4.69, 9.17) is 4.74 Å². The predicted octanol–water partition coefficient (Wildman–Crippen LogP) is 3.13. The maximum Gasteiger partial charge on any atom is 0.405 e. The summed E-state index contributed by atoms with van der Waals surface area (Å²) in [5.41, 5.74) is 0.821. The van der Waals surface area contributed by atoms with Crippen LogP contribution >= 0.6 is 11.8 Å². The highest BCUT2D eigenvalue weighted by atomic mass is 32.2. The number of hydrogen-bond acceptors (Lipinski definition) is 5. The van der Waals surface area contributed by atoms with Gasteiger partial charge < -0.3 is 14.6 Å². The fourth-order valence-corrected chi connectivity index (χ4v) is 3.09. The topological polar surface area (TPSA) is 69.0 Å². The molecule has 2 rings (SSSR count). The first-order valence-corrected chi connectivity index (χ1v) is 8.72. The van der Waals surface area contributed by atoms with Gasteiger partial charge in [-0.1, -0.05) is 11.8 Å². The number of thioether (sulfide) groups is 1. The predicted molar refractivity (Wildman–Crippen MR) is 92.1 cm³/mol. The molecule has 0 aliphatic carbocycles. The number of rotatable bonds is 7. The molecule has 1 aromatic heterocycles. The Balaban J connectivity index is 2.12. The number of halogens is 3. The number of nitrogens with zero attached hydrogens (tertiary/aromatic N) is 3. The molecular weight excluding hydrogens is 369 g/mol. The van der Waals surface area contributed by atoms with Crippen molar-refractivity contribution in [2.45, 2.75) is 37.0 Å². The summed E-state index contributed by atoms with van der Waals surface area (Å²) in [6.07, 6.45) is -4.44. The van der Waals surface area contributed by atoms with Gasteiger partial charge in [-0.05, 0) is 38.1 Å². The fourth-order valence-electron chi connectivity index (χ4n) is 2.16. The highest BCUT2D eigenvalue weighted by Crippen LogP contribution is 2.28. The van der Waals surface area contributed by atoms with E-state index in [0.29, 0.717) is 23.3 Å². The van der Waals surface area contributed by atoms with Gasteiger partial charge in [0.25, 0.3) is 0 Å². The van der Waals surface area contributed by atoms with Crippen molar-refractivity contribution < 1.29 is 22.7 Å². The SMILES string of the molecule is CCn1c(SC(C)C(=O)NCC(F)(F)F)nnc1-c1ccc(OC)cc1. The molecule has 142 valence electrons. The van der Waals surface area contributed by atoms with Crippen LogP contribution in [0.5, 0.6) is 5.75 Å². The van der Waals surface area contributed by atoms with Crippen molar-refractivity contribution in [3.05, 3.63) is 24.3 Å². The molecule has 1 amide bonds. The van der Waals surface area contributed by atoms with Crippen molar-refractivity contribution in [2.75, 3.05) is 13.7 Å². The van der Waals surface area contributed by atoms with Gasteiger partial charge in [-0.25, -0.2) is 0 Å². The van der Waals surface area contributed by atoms with Gasteiger partial charge in [0.05, 0.1) is 12.4 Å². The third-order valence-corrected chi connectivity index (χ3v) is 4.58. The number of alkyl halides is 3. The van der Waals surface area contributed by atoms with E-state index >= 15 is 0 Å². The zero-order chi connectivity index (χ0) is 19.3. The summed E-state index contributed by atoms with van der Waals surface area (Å²) in [4.78, 5) is 11.8. The van der Waals surface area contributed by atoms with Gasteiger partial charge in [0, 0.05) is 12.1 Å². The van der Waals surface area contributed by atoms with Gasteiger partial charge in [-0.2, -0.15) is 13.2 Å². The van der Waals surface area contributed by atoms with Crippen LogP contribution in [0.2, 0.25) is 0 Å². The number of carbonyl (C=O) groups is 1. The minimum atomic E-state index is -4.44. The summed E-state index contributed by atoms with van der Waals surface area (Å²) in [7, 11) is 1.57. The summed E-state index contributed by atoms with van der Waals surface area (Å²) in [5, 5.41) is 9.83. The number of amides is 1. The average molecular weight is 388 g/mol. The van der Waals surface area contributed by atoms with E-state index in [9.17, 15) is 18.0 Å². The molecule has 0 saturated carbocycles. The van der Waals surface area contributed by atoms with Crippen LogP contribution in [0.25, 0.3) is 11.4 Å². The van der Waals surface area contributed by atoms with Gasteiger partial charge in [-0.15, -0.1) is 10.2 Å². The quantitative estimate of drug-likeness (QED) is 0.738. The van der Waals surface area contributed by atoms with Gasteiger partial charge >= 0.3 is 6.18 Å². The molecule has 1 heterocycles. The van der Waals surface area contributed by atoms with Crippen molar-refractivity contribution in [1.29, 1.82) is 0 Å². The molecule has 1 atom stereocenters. The number of hydrogen-bond donors (Lipinski definition) is 1. The molecule has 0 saturated heterocycles. The zero-order valence-corrected chi connectivity index (χ0v) is 15.3. The van der Waals surface area contributed by atoms with Crippen molar-refractivity contribution in [3.8, 4) is 17.1 Å². The lowest BCUT2D eigenvalue weighted by Gasteiger charge is -2.13. The molecule has 6 nitrogen and oxygen atoms in total. The Kier molecular flexibility index (Phi) is 6.52. The maximum absolute atomic E-state index is 12.2. The Labute approximate surface area is 153 Å². The Morgan fingerprint density at radius 2 is 1.96 bits per heavy atom. The Morgan fingerprint density at radius 1 is 1.31 bits per heavy atom. The summed E-state index contributed by atoms with van der Waals surface area (Å²) in [6.45, 7) is 2.62. The third-order valence-electron chi connectivity index (χ3n) is 3.50. The molecule has 2 aromatic rings. The second-order valence-corrected chi connectivity index (χ2v) is 6.68. The Morgan fingerprint density at radius 3 is 2.50 bits per heavy atom. The first-order chi connectivity index (χ1) is 12.2. The van der Waals surface area contributed by atoms with Crippen LogP contribution in [0.4, 0.5) is 13.2 Å². The largest absolute Gasteiger partial charge is 0.497 e. The normalized spacial score (nSPS) is 12.7. The van der Waals surface area contributed by atoms with E-state index in [1.807, 2.05) is 24.4 Å². The lowest BCUT2D eigenvalue weighted by Crippen LogP contribution is -2.38. The summed E-state index contributed by atoms with van der Waals surface area (Å²) in [6, 6.07) is 7.26. The van der Waals surface area contributed by atoms with Gasteiger partial charge in [0.2, 0.25) is 5.91 Å². The summed E-state index contributed by atoms with van der Waals surface area (Å²) < 4.78 is 43.6. The minimum Gasteiger partial charge on any atom is -0.497 e. The van der Waals surface area contributed by atoms with Gasteiger partial charge in [0.15, 0.2) is 11.0 Å². The number of aromatic nitrogens is 3. The Hall–Kier alpha value is -2.23. The minimum absolute atomic E-state index is 0.466. The van der Waals surface area contributed by atoms with Crippen LogP contribution in [0.15, 0.2) is 29.4 Å². The first kappa shape index (κ1) is 20.1. The van der Waals surface area contributed by atoms with Crippen molar-refractivity contribution in [2.24, 2.45) is 0 Å². The fraction of sp³-hybridized carbons (Fsp3) is 0.438. The average Bonchev–Trinajstić information content (AvgIpc) is 3.01. The first-order valence-electron chi connectivity index (χ1n) is 7.84. The molecule has 0 radical (unpaired) electrons. The van der Waals surface area contributed by atoms with Crippen LogP contribution in [-0.4, -0.2) is 45.8 Å². The molecule has 0 aliphatic rings. The lowest BCUT2D eigenvalue weighted by molar-refractivity contribution is -0.137. The Bertz CT molecular complexity index is 747. The van der Waals surface area contributed by atoms with Gasteiger partial charge in [-0.3, -0.25) is 4.79 Å². The van der Waals surface area contributed by atoms with Crippen LogP contribution in [-0.2, 0) is 11.3 Å². The molecule has 0 aliphatic heterocycles. The van der Waals surface area contributed by atoms with Crippen molar-refractivity contribution >= 4 is 17.7 Å². The van der Waals surface area contributed by atoms with E-state index in [2.05, 4.69) is 10.2 Å². The molecule has 1 unspecified atom stereocenters. The van der Waals surface area contributed by atoms with E-state index in [1.165, 1.54) is 6.92 Å². The molecular formula is C16H19F3N4O2S. The molecule has 10 heteroatoms. The highest BCUT2D eigenvalue weighted by Gasteiger charge is 2.29. The number of methoxy groups -OCH3 is 1. The van der Waals surface area contributed by atoms with E-state index < -0.39 is 23.9 Å². The second kappa shape index (κ2) is 8.43. The molecule has 26 heavy (non-hydrogen) atoms. The lowest BCUT2D eigenvalue weighted by atomic mass is 10.2. The van der Waals surface area contributed by atoms with Crippen molar-refractivity contribution in [1.82, 2.24) is 20.1 Å². The standard InChI is InChI=1S/C16H19F3N4O2S/c1-4-23-13(11-5-7-12(25-3)8-6-11)21-22-15(23)26-10(2)14(24)20-9-16(17,18)19/h5-8,10H,4,9H2,1-3H3,(H,20,24). The molecule has 1 N–H and O–H groups in total. The van der Waals surface area contributed by atoms with Crippen LogP contribution in [0.3, 0.4) is 0 Å². The van der Waals surface area contributed by atoms with Crippen LogP contribution in [0.1, 0.15) is 13.8 Å². The number of benzene rings is 1. The van der Waals surface area contributed by atoms with Crippen LogP contribution < -0.4 is 10.1 Å². The van der Waals surface area contributed by atoms with E-state index in [-0.39, 0.29) is 0 Å². The summed E-state index contributed by atoms with van der Waals surface area (Å²) in [5.74, 6) is 0.616. The number of carbonyl (C=O) groups excluding carboxylic acids is 1. The molecule has 0 fully saturated rings. The smallest absolute Gasteiger partial charge is 0.405 e.